The molecule has 1 N–H and O–H groups in total. The van der Waals surface area contributed by atoms with Crippen LogP contribution in [0.3, 0.4) is 0 Å². The first-order valence-electron chi connectivity index (χ1n) is 8.39. The number of hydrogen-bond donors (Lipinski definition) is 1. The van der Waals surface area contributed by atoms with Crippen molar-refractivity contribution in [1.82, 2.24) is 9.88 Å². The zero-order valence-electron chi connectivity index (χ0n) is 13.9. The van der Waals surface area contributed by atoms with Gasteiger partial charge in [-0.2, -0.15) is 0 Å². The Morgan fingerprint density at radius 3 is 2.91 bits per heavy atom. The van der Waals surface area contributed by atoms with E-state index >= 15 is 0 Å². The summed E-state index contributed by atoms with van der Waals surface area (Å²) in [6, 6.07) is 0. The number of aromatic nitrogens is 1. The maximum absolute atomic E-state index is 12.0. The van der Waals surface area contributed by atoms with Crippen LogP contribution >= 0.6 is 11.3 Å². The second-order valence-electron chi connectivity index (χ2n) is 5.91. The number of carbonyl (C=O) groups is 1. The van der Waals surface area contributed by atoms with Gasteiger partial charge in [0.2, 0.25) is 0 Å². The number of hydrogen-bond acceptors (Lipinski definition) is 5. The highest BCUT2D eigenvalue weighted by molar-refractivity contribution is 7.13. The van der Waals surface area contributed by atoms with Crippen LogP contribution in [0.15, 0.2) is 18.0 Å². The summed E-state index contributed by atoms with van der Waals surface area (Å²) in [5, 5.41) is 5.52. The van der Waals surface area contributed by atoms with E-state index in [2.05, 4.69) is 21.8 Å². The molecule has 128 valence electrons. The fourth-order valence-electron chi connectivity index (χ4n) is 2.57. The normalized spacial score (nSPS) is 17.4. The number of rotatable bonds is 8. The van der Waals surface area contributed by atoms with Crippen LogP contribution in [0, 0.1) is 0 Å². The maximum atomic E-state index is 12.0. The molecule has 1 fully saturated rings. The van der Waals surface area contributed by atoms with Crippen molar-refractivity contribution in [3.63, 3.8) is 0 Å². The van der Waals surface area contributed by atoms with Crippen molar-refractivity contribution in [1.29, 1.82) is 0 Å². The van der Waals surface area contributed by atoms with Gasteiger partial charge in [0.15, 0.2) is 5.13 Å². The van der Waals surface area contributed by atoms with Gasteiger partial charge in [0.25, 0.3) is 5.91 Å². The molecule has 0 saturated carbocycles. The number of carbonyl (C=O) groups excluding carboxylic acids is 1. The number of anilines is 1. The molecule has 2 heterocycles. The lowest BCUT2D eigenvalue weighted by molar-refractivity contribution is -0.126. The Kier molecular flexibility index (Phi) is 7.71. The monoisotopic (exact) mass is 337 g/mol. The molecule has 0 bridgehead atoms. The molecule has 5 nitrogen and oxygen atoms in total. The summed E-state index contributed by atoms with van der Waals surface area (Å²) in [7, 11) is 0. The Bertz CT molecular complexity index is 496. The number of nitrogens with zero attached hydrogens (tertiary/aromatic N) is 2. The van der Waals surface area contributed by atoms with Gasteiger partial charge in [0.1, 0.15) is 6.10 Å². The van der Waals surface area contributed by atoms with Crippen molar-refractivity contribution >= 4 is 22.4 Å². The Hall–Kier alpha value is -1.24. The lowest BCUT2D eigenvalue weighted by Crippen LogP contribution is -2.28. The van der Waals surface area contributed by atoms with Crippen molar-refractivity contribution < 1.29 is 9.53 Å². The van der Waals surface area contributed by atoms with E-state index in [0.29, 0.717) is 11.7 Å². The second kappa shape index (κ2) is 9.80. The van der Waals surface area contributed by atoms with Gasteiger partial charge in [-0.05, 0) is 39.3 Å². The zero-order chi connectivity index (χ0) is 16.5. The molecule has 1 aromatic heterocycles. The topological polar surface area (TPSA) is 54.5 Å². The zero-order valence-corrected chi connectivity index (χ0v) is 14.7. The van der Waals surface area contributed by atoms with E-state index < -0.39 is 6.10 Å². The van der Waals surface area contributed by atoms with Crippen LogP contribution < -0.4 is 5.32 Å². The molecule has 1 saturated heterocycles. The molecule has 1 unspecified atom stereocenters. The van der Waals surface area contributed by atoms with Crippen molar-refractivity contribution in [3.8, 4) is 0 Å². The third kappa shape index (κ3) is 6.41. The third-order valence-electron chi connectivity index (χ3n) is 3.93. The minimum Gasteiger partial charge on any atom is -0.368 e. The summed E-state index contributed by atoms with van der Waals surface area (Å²) >= 11 is 1.48. The van der Waals surface area contributed by atoms with E-state index in [0.717, 1.165) is 31.7 Å². The SMILES string of the molecule is C=CCCOC(C)C(=O)Nc1nc(CN2CCCCCC2)cs1. The number of likely N-dealkylation sites (tertiary alicyclic amines) is 1. The lowest BCUT2D eigenvalue weighted by atomic mass is 10.2. The maximum Gasteiger partial charge on any atom is 0.254 e. The summed E-state index contributed by atoms with van der Waals surface area (Å²) < 4.78 is 5.44. The second-order valence-corrected chi connectivity index (χ2v) is 6.77. The molecule has 0 aromatic carbocycles. The molecule has 2 rings (SSSR count). The number of amides is 1. The number of nitrogens with one attached hydrogen (secondary N) is 1. The quantitative estimate of drug-likeness (QED) is 0.583. The first-order chi connectivity index (χ1) is 11.2. The van der Waals surface area contributed by atoms with Crippen molar-refractivity contribution in [2.75, 3.05) is 25.0 Å². The Morgan fingerprint density at radius 2 is 2.22 bits per heavy atom. The van der Waals surface area contributed by atoms with Crippen molar-refractivity contribution in [2.24, 2.45) is 0 Å². The molecule has 1 amide bonds. The smallest absolute Gasteiger partial charge is 0.254 e. The molecule has 0 aliphatic carbocycles. The van der Waals surface area contributed by atoms with Gasteiger partial charge >= 0.3 is 0 Å². The van der Waals surface area contributed by atoms with Crippen LogP contribution in [0.1, 0.15) is 44.7 Å². The fraction of sp³-hybridized carbons (Fsp3) is 0.647. The molecule has 23 heavy (non-hydrogen) atoms. The summed E-state index contributed by atoms with van der Waals surface area (Å²) in [5.74, 6) is -0.148. The Morgan fingerprint density at radius 1 is 1.48 bits per heavy atom. The average Bonchev–Trinajstić information content (AvgIpc) is 2.81. The van der Waals surface area contributed by atoms with Crippen LogP contribution in [-0.2, 0) is 16.1 Å². The first-order valence-corrected chi connectivity index (χ1v) is 9.27. The van der Waals surface area contributed by atoms with Gasteiger partial charge in [-0.1, -0.05) is 18.9 Å². The molecule has 1 aliphatic heterocycles. The van der Waals surface area contributed by atoms with Gasteiger partial charge in [-0.15, -0.1) is 17.9 Å². The van der Waals surface area contributed by atoms with E-state index in [1.165, 1.54) is 37.0 Å². The van der Waals surface area contributed by atoms with Crippen molar-refractivity contribution in [3.05, 3.63) is 23.7 Å². The van der Waals surface area contributed by atoms with E-state index in [4.69, 9.17) is 4.74 Å². The third-order valence-corrected chi connectivity index (χ3v) is 4.73. The van der Waals surface area contributed by atoms with Gasteiger partial charge < -0.3 is 4.74 Å². The molecule has 0 spiro atoms. The van der Waals surface area contributed by atoms with E-state index in [1.807, 2.05) is 5.38 Å². The first kappa shape index (κ1) is 18.1. The van der Waals surface area contributed by atoms with E-state index in [-0.39, 0.29) is 5.91 Å². The highest BCUT2D eigenvalue weighted by Gasteiger charge is 2.16. The standard InChI is InChI=1S/C17H27N3O2S/c1-3-4-11-22-14(2)16(21)19-17-18-15(13-23-17)12-20-9-7-5-6-8-10-20/h3,13-14H,1,4-12H2,2H3,(H,18,19,21). The highest BCUT2D eigenvalue weighted by atomic mass is 32.1. The van der Waals surface area contributed by atoms with Crippen LogP contribution in [0.4, 0.5) is 5.13 Å². The molecule has 0 radical (unpaired) electrons. The summed E-state index contributed by atoms with van der Waals surface area (Å²) in [6.45, 7) is 9.06. The van der Waals surface area contributed by atoms with Crippen LogP contribution in [0.5, 0.6) is 0 Å². The molecule has 1 aromatic rings. The average molecular weight is 337 g/mol. The van der Waals surface area contributed by atoms with E-state index in [1.54, 1.807) is 13.0 Å². The molecule has 1 atom stereocenters. The molecule has 1 aliphatic rings. The summed E-state index contributed by atoms with van der Waals surface area (Å²) in [5.41, 5.74) is 1.03. The largest absolute Gasteiger partial charge is 0.368 e. The summed E-state index contributed by atoms with van der Waals surface area (Å²) in [6.07, 6.45) is 7.25. The number of ether oxygens (including phenoxy) is 1. The Balaban J connectivity index is 1.79. The van der Waals surface area contributed by atoms with Crippen LogP contribution in [0.2, 0.25) is 0 Å². The molecule has 6 heteroatoms. The predicted octanol–water partition coefficient (Wildman–Crippen LogP) is 3.44. The minimum atomic E-state index is -0.479. The van der Waals surface area contributed by atoms with Gasteiger partial charge in [-0.3, -0.25) is 15.0 Å². The lowest BCUT2D eigenvalue weighted by Gasteiger charge is -2.18. The van der Waals surface area contributed by atoms with Crippen LogP contribution in [-0.4, -0.2) is 41.6 Å². The molecular weight excluding hydrogens is 310 g/mol. The molecular formula is C17H27N3O2S. The number of thiazole rings is 1. The van der Waals surface area contributed by atoms with Gasteiger partial charge in [0.05, 0.1) is 12.3 Å². The fourth-order valence-corrected chi connectivity index (χ4v) is 3.28. The van der Waals surface area contributed by atoms with Crippen molar-refractivity contribution in [2.45, 2.75) is 51.7 Å². The highest BCUT2D eigenvalue weighted by Crippen LogP contribution is 2.19. The van der Waals surface area contributed by atoms with E-state index in [9.17, 15) is 4.79 Å². The van der Waals surface area contributed by atoms with Gasteiger partial charge in [-0.25, -0.2) is 4.98 Å². The predicted molar refractivity (Wildman–Crippen MR) is 94.7 cm³/mol. The minimum absolute atomic E-state index is 0.148. The summed E-state index contributed by atoms with van der Waals surface area (Å²) in [4.78, 5) is 19.0. The van der Waals surface area contributed by atoms with Gasteiger partial charge in [0, 0.05) is 11.9 Å². The Labute approximate surface area is 142 Å². The van der Waals surface area contributed by atoms with Crippen LogP contribution in [0.25, 0.3) is 0 Å².